The van der Waals surface area contributed by atoms with Gasteiger partial charge < -0.3 is 14.6 Å². The normalized spacial score (nSPS) is 15.1. The van der Waals surface area contributed by atoms with Crippen LogP contribution in [0.25, 0.3) is 0 Å². The predicted molar refractivity (Wildman–Crippen MR) is 92.3 cm³/mol. The van der Waals surface area contributed by atoms with Crippen molar-refractivity contribution in [2.75, 3.05) is 18.0 Å². The first-order valence-electron chi connectivity index (χ1n) is 7.88. The van der Waals surface area contributed by atoms with Crippen LogP contribution in [0.2, 0.25) is 5.02 Å². The number of nitrogens with zero attached hydrogens (tertiary/aromatic N) is 2. The Bertz CT molecular complexity index is 786. The van der Waals surface area contributed by atoms with Crippen molar-refractivity contribution in [1.82, 2.24) is 5.32 Å². The number of nitriles is 1. The van der Waals surface area contributed by atoms with E-state index in [1.165, 1.54) is 0 Å². The molecule has 0 aliphatic carbocycles. The van der Waals surface area contributed by atoms with Gasteiger partial charge in [-0.2, -0.15) is 5.26 Å². The second kappa shape index (κ2) is 6.98. The molecule has 1 fully saturated rings. The lowest BCUT2D eigenvalue weighted by Gasteiger charge is -2.34. The molecule has 1 aromatic heterocycles. The van der Waals surface area contributed by atoms with Crippen LogP contribution in [0.5, 0.6) is 0 Å². The van der Waals surface area contributed by atoms with Crippen molar-refractivity contribution in [3.05, 3.63) is 52.4 Å². The largest absolute Gasteiger partial charge is 0.456 e. The zero-order valence-electron chi connectivity index (χ0n) is 13.4. The maximum atomic E-state index is 12.1. The standard InChI is InChI=1S/C18H18ClN3O2/c1-12-2-5-17(24-12)18(23)21-14-6-8-22(9-7-14)15-4-3-13(11-20)16(19)10-15/h2-5,10,14H,6-9H2,1H3,(H,21,23). The Labute approximate surface area is 145 Å². The summed E-state index contributed by atoms with van der Waals surface area (Å²) in [5.74, 6) is 0.921. The fraction of sp³-hybridized carbons (Fsp3) is 0.333. The molecule has 0 spiro atoms. The molecule has 2 aromatic rings. The summed E-state index contributed by atoms with van der Waals surface area (Å²) >= 11 is 6.10. The molecule has 0 radical (unpaired) electrons. The Morgan fingerprint density at radius 1 is 1.33 bits per heavy atom. The number of furan rings is 1. The topological polar surface area (TPSA) is 69.3 Å². The van der Waals surface area contributed by atoms with Crippen LogP contribution in [0.15, 0.2) is 34.7 Å². The van der Waals surface area contributed by atoms with E-state index in [-0.39, 0.29) is 11.9 Å². The van der Waals surface area contributed by atoms with Crippen LogP contribution in [0.4, 0.5) is 5.69 Å². The molecule has 1 amide bonds. The minimum atomic E-state index is -0.164. The summed E-state index contributed by atoms with van der Waals surface area (Å²) < 4.78 is 5.35. The average molecular weight is 344 g/mol. The number of halogens is 1. The van der Waals surface area contributed by atoms with E-state index in [0.717, 1.165) is 37.4 Å². The first-order chi connectivity index (χ1) is 11.6. The van der Waals surface area contributed by atoms with Gasteiger partial charge in [0.15, 0.2) is 5.76 Å². The highest BCUT2D eigenvalue weighted by atomic mass is 35.5. The predicted octanol–water partition coefficient (Wildman–Crippen LogP) is 3.51. The molecule has 5 nitrogen and oxygen atoms in total. The Kier molecular flexibility index (Phi) is 4.77. The number of hydrogen-bond donors (Lipinski definition) is 1. The van der Waals surface area contributed by atoms with E-state index >= 15 is 0 Å². The van der Waals surface area contributed by atoms with Crippen molar-refractivity contribution < 1.29 is 9.21 Å². The molecule has 0 unspecified atom stereocenters. The number of nitrogens with one attached hydrogen (secondary N) is 1. The zero-order valence-corrected chi connectivity index (χ0v) is 14.1. The second-order valence-electron chi connectivity index (χ2n) is 5.92. The average Bonchev–Trinajstić information content (AvgIpc) is 3.02. The smallest absolute Gasteiger partial charge is 0.287 e. The molecule has 3 rings (SSSR count). The Morgan fingerprint density at radius 2 is 2.08 bits per heavy atom. The molecule has 1 N–H and O–H groups in total. The van der Waals surface area contributed by atoms with Gasteiger partial charge >= 0.3 is 0 Å². The van der Waals surface area contributed by atoms with Crippen LogP contribution < -0.4 is 10.2 Å². The van der Waals surface area contributed by atoms with Gasteiger partial charge in [0.25, 0.3) is 5.91 Å². The lowest BCUT2D eigenvalue weighted by atomic mass is 10.0. The van der Waals surface area contributed by atoms with E-state index in [1.54, 1.807) is 18.2 Å². The third-order valence-corrected chi connectivity index (χ3v) is 4.55. The van der Waals surface area contributed by atoms with Gasteiger partial charge in [0.1, 0.15) is 11.8 Å². The SMILES string of the molecule is Cc1ccc(C(=O)NC2CCN(c3ccc(C#N)c(Cl)c3)CC2)o1. The molecular formula is C18H18ClN3O2. The van der Waals surface area contributed by atoms with Crippen LogP contribution in [0, 0.1) is 18.3 Å². The molecule has 0 bridgehead atoms. The number of carbonyl (C=O) groups is 1. The van der Waals surface area contributed by atoms with Gasteiger partial charge in [-0.15, -0.1) is 0 Å². The van der Waals surface area contributed by atoms with Crippen molar-refractivity contribution in [1.29, 1.82) is 5.26 Å². The first kappa shape index (κ1) is 16.4. The number of benzene rings is 1. The van der Waals surface area contributed by atoms with Crippen molar-refractivity contribution in [3.63, 3.8) is 0 Å². The maximum absolute atomic E-state index is 12.1. The van der Waals surface area contributed by atoms with Crippen molar-refractivity contribution >= 4 is 23.2 Å². The summed E-state index contributed by atoms with van der Waals surface area (Å²) in [7, 11) is 0. The molecule has 2 heterocycles. The Hall–Kier alpha value is -2.45. The van der Waals surface area contributed by atoms with Gasteiger partial charge in [-0.1, -0.05) is 11.6 Å². The van der Waals surface area contributed by atoms with Crippen molar-refractivity contribution in [3.8, 4) is 6.07 Å². The summed E-state index contributed by atoms with van der Waals surface area (Å²) in [4.78, 5) is 14.3. The van der Waals surface area contributed by atoms with E-state index in [0.29, 0.717) is 16.3 Å². The summed E-state index contributed by atoms with van der Waals surface area (Å²) in [6.07, 6.45) is 1.70. The van der Waals surface area contributed by atoms with Crippen LogP contribution in [-0.4, -0.2) is 25.0 Å². The highest BCUT2D eigenvalue weighted by Gasteiger charge is 2.22. The summed E-state index contributed by atoms with van der Waals surface area (Å²) in [6, 6.07) is 11.2. The monoisotopic (exact) mass is 343 g/mol. The van der Waals surface area contributed by atoms with Crippen LogP contribution in [0.3, 0.4) is 0 Å². The number of rotatable bonds is 3. The minimum Gasteiger partial charge on any atom is -0.456 e. The maximum Gasteiger partial charge on any atom is 0.287 e. The van der Waals surface area contributed by atoms with Gasteiger partial charge in [0.05, 0.1) is 10.6 Å². The molecule has 124 valence electrons. The summed E-state index contributed by atoms with van der Waals surface area (Å²) in [6.45, 7) is 3.46. The zero-order chi connectivity index (χ0) is 17.1. The first-order valence-corrected chi connectivity index (χ1v) is 8.26. The molecule has 1 saturated heterocycles. The molecular weight excluding hydrogens is 326 g/mol. The van der Waals surface area contributed by atoms with Gasteiger partial charge in [0.2, 0.25) is 0 Å². The van der Waals surface area contributed by atoms with Crippen molar-refractivity contribution in [2.45, 2.75) is 25.8 Å². The highest BCUT2D eigenvalue weighted by molar-refractivity contribution is 6.32. The molecule has 0 saturated carbocycles. The Balaban J connectivity index is 1.57. The fourth-order valence-corrected chi connectivity index (χ4v) is 3.10. The molecule has 6 heteroatoms. The Morgan fingerprint density at radius 3 is 2.67 bits per heavy atom. The van der Waals surface area contributed by atoms with Crippen LogP contribution in [0.1, 0.15) is 34.7 Å². The third kappa shape index (κ3) is 3.55. The van der Waals surface area contributed by atoms with Crippen LogP contribution in [-0.2, 0) is 0 Å². The quantitative estimate of drug-likeness (QED) is 0.925. The number of aryl methyl sites for hydroxylation is 1. The molecule has 1 aromatic carbocycles. The molecule has 1 aliphatic heterocycles. The third-order valence-electron chi connectivity index (χ3n) is 4.23. The van der Waals surface area contributed by atoms with Gasteiger partial charge in [0, 0.05) is 24.8 Å². The molecule has 1 aliphatic rings. The number of anilines is 1. The van der Waals surface area contributed by atoms with E-state index in [9.17, 15) is 4.79 Å². The summed E-state index contributed by atoms with van der Waals surface area (Å²) in [5.41, 5.74) is 1.49. The van der Waals surface area contributed by atoms with Gasteiger partial charge in [-0.05, 0) is 50.1 Å². The van der Waals surface area contributed by atoms with E-state index in [4.69, 9.17) is 21.3 Å². The van der Waals surface area contributed by atoms with Crippen LogP contribution >= 0.6 is 11.6 Å². The fourth-order valence-electron chi connectivity index (χ4n) is 2.89. The van der Waals surface area contributed by atoms with E-state index < -0.39 is 0 Å². The lowest BCUT2D eigenvalue weighted by molar-refractivity contribution is 0.0901. The minimum absolute atomic E-state index is 0.132. The van der Waals surface area contributed by atoms with E-state index in [2.05, 4.69) is 16.3 Å². The number of carbonyl (C=O) groups excluding carboxylic acids is 1. The number of piperidine rings is 1. The molecule has 24 heavy (non-hydrogen) atoms. The molecule has 0 atom stereocenters. The summed E-state index contributed by atoms with van der Waals surface area (Å²) in [5, 5.41) is 12.4. The highest BCUT2D eigenvalue weighted by Crippen LogP contribution is 2.26. The number of hydrogen-bond acceptors (Lipinski definition) is 4. The second-order valence-corrected chi connectivity index (χ2v) is 6.33. The van der Waals surface area contributed by atoms with Crippen molar-refractivity contribution in [2.24, 2.45) is 0 Å². The van der Waals surface area contributed by atoms with E-state index in [1.807, 2.05) is 19.1 Å². The lowest BCUT2D eigenvalue weighted by Crippen LogP contribution is -2.44. The number of amides is 1. The van der Waals surface area contributed by atoms with Gasteiger partial charge in [-0.25, -0.2) is 0 Å². The van der Waals surface area contributed by atoms with Gasteiger partial charge in [-0.3, -0.25) is 4.79 Å².